The molecule has 0 spiro atoms. The van der Waals surface area contributed by atoms with Crippen LogP contribution in [0.3, 0.4) is 0 Å². The summed E-state index contributed by atoms with van der Waals surface area (Å²) in [5.74, 6) is -4.64. The summed E-state index contributed by atoms with van der Waals surface area (Å²) in [5.41, 5.74) is 0.531. The number of anilines is 1. The van der Waals surface area contributed by atoms with Crippen LogP contribution < -0.4 is 15.0 Å². The molecule has 4 nitrogen and oxygen atoms in total. The van der Waals surface area contributed by atoms with Crippen LogP contribution in [-0.4, -0.2) is 31.3 Å². The highest BCUT2D eigenvalue weighted by atomic mass is 19.4. The lowest BCUT2D eigenvalue weighted by Crippen LogP contribution is -2.37. The van der Waals surface area contributed by atoms with Crippen molar-refractivity contribution in [3.63, 3.8) is 0 Å². The van der Waals surface area contributed by atoms with E-state index in [2.05, 4.69) is 5.32 Å². The molecule has 1 saturated heterocycles. The summed E-state index contributed by atoms with van der Waals surface area (Å²) in [6.45, 7) is 1.23. The van der Waals surface area contributed by atoms with Crippen molar-refractivity contribution in [2.75, 3.05) is 18.1 Å². The Bertz CT molecular complexity index is 530. The standard InChI is InChI=1S/C13H12F5N2O2/c14-12(15,13(16,17)18)5-8-22-10-3-1-9(2-4-10)20-7-6-19-11(20)21/h1-4,7H,5-6,8H2,(H,19,21). The molecule has 22 heavy (non-hydrogen) atoms. The third-order valence-electron chi connectivity index (χ3n) is 2.96. The zero-order valence-electron chi connectivity index (χ0n) is 11.2. The predicted octanol–water partition coefficient (Wildman–Crippen LogP) is 3.34. The maximum atomic E-state index is 12.7. The molecule has 0 aliphatic carbocycles. The van der Waals surface area contributed by atoms with Crippen molar-refractivity contribution in [2.45, 2.75) is 18.5 Å². The van der Waals surface area contributed by atoms with Gasteiger partial charge in [-0.05, 0) is 24.3 Å². The van der Waals surface area contributed by atoms with Crippen LogP contribution in [0, 0.1) is 6.54 Å². The van der Waals surface area contributed by atoms with E-state index in [1.807, 2.05) is 0 Å². The van der Waals surface area contributed by atoms with Crippen LogP contribution in [0.5, 0.6) is 5.75 Å². The fraction of sp³-hybridized carbons (Fsp3) is 0.385. The lowest BCUT2D eigenvalue weighted by atomic mass is 10.2. The van der Waals surface area contributed by atoms with Crippen molar-refractivity contribution in [1.82, 2.24) is 5.32 Å². The van der Waals surface area contributed by atoms with Gasteiger partial charge >= 0.3 is 18.1 Å². The fourth-order valence-corrected chi connectivity index (χ4v) is 1.76. The Hall–Kier alpha value is -2.06. The molecule has 1 heterocycles. The van der Waals surface area contributed by atoms with E-state index in [0.717, 1.165) is 0 Å². The quantitative estimate of drug-likeness (QED) is 0.845. The van der Waals surface area contributed by atoms with E-state index >= 15 is 0 Å². The number of nitrogens with zero attached hydrogens (tertiary/aromatic N) is 1. The van der Waals surface area contributed by atoms with E-state index in [0.29, 0.717) is 12.2 Å². The summed E-state index contributed by atoms with van der Waals surface area (Å²) in [6, 6.07) is 5.47. The minimum Gasteiger partial charge on any atom is -0.493 e. The Morgan fingerprint density at radius 1 is 1.14 bits per heavy atom. The zero-order chi connectivity index (χ0) is 16.4. The minimum atomic E-state index is -5.58. The molecule has 0 bridgehead atoms. The van der Waals surface area contributed by atoms with Gasteiger partial charge in [0.25, 0.3) is 0 Å². The lowest BCUT2D eigenvalue weighted by Gasteiger charge is -2.19. The van der Waals surface area contributed by atoms with Gasteiger partial charge in [0, 0.05) is 12.2 Å². The van der Waals surface area contributed by atoms with Gasteiger partial charge in [-0.25, -0.2) is 4.79 Å². The highest BCUT2D eigenvalue weighted by Gasteiger charge is 2.56. The Morgan fingerprint density at radius 3 is 2.27 bits per heavy atom. The van der Waals surface area contributed by atoms with E-state index in [1.54, 1.807) is 6.54 Å². The molecular formula is C13H12F5N2O2. The molecular weight excluding hydrogens is 311 g/mol. The maximum absolute atomic E-state index is 12.7. The first-order valence-corrected chi connectivity index (χ1v) is 6.28. The number of benzene rings is 1. The van der Waals surface area contributed by atoms with Crippen LogP contribution in [-0.2, 0) is 0 Å². The van der Waals surface area contributed by atoms with Crippen molar-refractivity contribution in [3.8, 4) is 5.75 Å². The van der Waals surface area contributed by atoms with Crippen LogP contribution in [0.1, 0.15) is 6.42 Å². The number of alkyl halides is 5. The van der Waals surface area contributed by atoms with E-state index in [4.69, 9.17) is 4.74 Å². The maximum Gasteiger partial charge on any atom is 0.453 e. The number of amides is 2. The van der Waals surface area contributed by atoms with E-state index in [1.165, 1.54) is 29.2 Å². The van der Waals surface area contributed by atoms with Crippen molar-refractivity contribution >= 4 is 11.7 Å². The van der Waals surface area contributed by atoms with Gasteiger partial charge in [-0.1, -0.05) is 0 Å². The summed E-state index contributed by atoms with van der Waals surface area (Å²) >= 11 is 0. The van der Waals surface area contributed by atoms with Crippen molar-refractivity contribution in [1.29, 1.82) is 0 Å². The second kappa shape index (κ2) is 5.98. The highest BCUT2D eigenvalue weighted by Crippen LogP contribution is 2.38. The van der Waals surface area contributed by atoms with Crippen LogP contribution in [0.4, 0.5) is 32.4 Å². The molecule has 9 heteroatoms. The summed E-state index contributed by atoms with van der Waals surface area (Å²) < 4.78 is 66.1. The number of halogens is 5. The average molecular weight is 323 g/mol. The van der Waals surface area contributed by atoms with Crippen molar-refractivity contribution in [3.05, 3.63) is 30.8 Å². The molecule has 121 valence electrons. The van der Waals surface area contributed by atoms with Crippen LogP contribution in [0.15, 0.2) is 24.3 Å². The second-order valence-corrected chi connectivity index (χ2v) is 4.53. The molecule has 1 aromatic carbocycles. The number of carbonyl (C=O) groups excluding carboxylic acids is 1. The molecule has 0 saturated carbocycles. The van der Waals surface area contributed by atoms with E-state index in [-0.39, 0.29) is 11.8 Å². The van der Waals surface area contributed by atoms with Crippen molar-refractivity contribution < 1.29 is 31.5 Å². The Labute approximate surface area is 122 Å². The number of ether oxygens (including phenoxy) is 1. The number of urea groups is 1. The molecule has 1 aromatic rings. The topological polar surface area (TPSA) is 41.6 Å². The van der Waals surface area contributed by atoms with Gasteiger partial charge in [-0.2, -0.15) is 22.0 Å². The predicted molar refractivity (Wildman–Crippen MR) is 67.7 cm³/mol. The lowest BCUT2D eigenvalue weighted by molar-refractivity contribution is -0.285. The molecule has 0 aromatic heterocycles. The normalized spacial score (nSPS) is 15.9. The number of nitrogens with one attached hydrogen (secondary N) is 1. The first kappa shape index (κ1) is 16.3. The minimum absolute atomic E-state index is 0.140. The van der Waals surface area contributed by atoms with Gasteiger partial charge < -0.3 is 10.1 Å². The molecule has 1 aliphatic rings. The van der Waals surface area contributed by atoms with Crippen LogP contribution >= 0.6 is 0 Å². The first-order chi connectivity index (χ1) is 10.2. The molecule has 2 rings (SSSR count). The summed E-state index contributed by atoms with van der Waals surface area (Å²) in [4.78, 5) is 12.7. The summed E-state index contributed by atoms with van der Waals surface area (Å²) in [7, 11) is 0. The Kier molecular flexibility index (Phi) is 4.43. The van der Waals surface area contributed by atoms with Crippen molar-refractivity contribution in [2.24, 2.45) is 0 Å². The molecule has 1 radical (unpaired) electrons. The Balaban J connectivity index is 1.88. The zero-order valence-corrected chi connectivity index (χ0v) is 11.2. The molecule has 0 unspecified atom stereocenters. The summed E-state index contributed by atoms with van der Waals surface area (Å²) in [6.07, 6.45) is -7.04. The fourth-order valence-electron chi connectivity index (χ4n) is 1.76. The van der Waals surface area contributed by atoms with Gasteiger partial charge in [0.2, 0.25) is 0 Å². The van der Waals surface area contributed by atoms with Gasteiger partial charge in [0.1, 0.15) is 5.75 Å². The number of hydrogen-bond acceptors (Lipinski definition) is 2. The second-order valence-electron chi connectivity index (χ2n) is 4.53. The van der Waals surface area contributed by atoms with Gasteiger partial charge in [-0.15, -0.1) is 0 Å². The highest BCUT2D eigenvalue weighted by molar-refractivity contribution is 5.95. The first-order valence-electron chi connectivity index (χ1n) is 6.28. The van der Waals surface area contributed by atoms with Crippen LogP contribution in [0.2, 0.25) is 0 Å². The third kappa shape index (κ3) is 3.58. The largest absolute Gasteiger partial charge is 0.493 e. The summed E-state index contributed by atoms with van der Waals surface area (Å²) in [5, 5.41) is 2.56. The van der Waals surface area contributed by atoms with E-state index in [9.17, 15) is 26.7 Å². The monoisotopic (exact) mass is 323 g/mol. The average Bonchev–Trinajstić information content (AvgIpc) is 2.84. The molecule has 1 aliphatic heterocycles. The number of carbonyl (C=O) groups is 1. The SMILES string of the molecule is O=C1NC[CH]N1c1ccc(OCCC(F)(F)C(F)(F)F)cc1. The third-order valence-corrected chi connectivity index (χ3v) is 2.96. The number of hydrogen-bond donors (Lipinski definition) is 1. The van der Waals surface area contributed by atoms with Gasteiger partial charge in [0.05, 0.1) is 19.6 Å². The van der Waals surface area contributed by atoms with Gasteiger partial charge in [-0.3, -0.25) is 4.90 Å². The van der Waals surface area contributed by atoms with Gasteiger partial charge in [0.15, 0.2) is 0 Å². The molecule has 0 atom stereocenters. The molecule has 2 amide bonds. The smallest absolute Gasteiger partial charge is 0.453 e. The molecule has 1 fully saturated rings. The Morgan fingerprint density at radius 2 is 1.77 bits per heavy atom. The van der Waals surface area contributed by atoms with E-state index < -0.39 is 25.1 Å². The molecule has 1 N–H and O–H groups in total. The number of rotatable bonds is 5. The van der Waals surface area contributed by atoms with Crippen LogP contribution in [0.25, 0.3) is 0 Å².